The normalized spacial score (nSPS) is 28.5. The molecule has 22 heavy (non-hydrogen) atoms. The van der Waals surface area contributed by atoms with Crippen molar-refractivity contribution in [1.82, 2.24) is 9.55 Å². The van der Waals surface area contributed by atoms with Crippen LogP contribution in [0.5, 0.6) is 0 Å². The summed E-state index contributed by atoms with van der Waals surface area (Å²) in [5.41, 5.74) is 0.929. The summed E-state index contributed by atoms with van der Waals surface area (Å²) >= 11 is 0. The number of benzene rings is 1. The Kier molecular flexibility index (Phi) is 4.04. The Bertz CT molecular complexity index is 703. The van der Waals surface area contributed by atoms with Gasteiger partial charge in [-0.3, -0.25) is 4.57 Å². The van der Waals surface area contributed by atoms with Crippen molar-refractivity contribution >= 4 is 0 Å². The molecule has 0 unspecified atom stereocenters. The zero-order valence-electron chi connectivity index (χ0n) is 11.6. The molecule has 0 bridgehead atoms. The van der Waals surface area contributed by atoms with E-state index in [-0.39, 0.29) is 6.61 Å². The standard InChI is InChI=1S/C15H16N2O5/c18-11-8-22-14(13(20)12(11)19)17-7-10(6-16-15(17)21)9-4-2-1-3-5-9/h1-7,11-14,18-20H,8H2/t11-,12+,13-,14-/m1/s1. The van der Waals surface area contributed by atoms with E-state index in [1.165, 1.54) is 12.4 Å². The molecule has 1 aliphatic heterocycles. The topological polar surface area (TPSA) is 105 Å². The molecule has 7 nitrogen and oxygen atoms in total. The summed E-state index contributed by atoms with van der Waals surface area (Å²) < 4.78 is 6.42. The van der Waals surface area contributed by atoms with Crippen LogP contribution in [0, 0.1) is 0 Å². The molecule has 0 aliphatic carbocycles. The number of ether oxygens (including phenoxy) is 1. The van der Waals surface area contributed by atoms with Gasteiger partial charge in [0, 0.05) is 18.0 Å². The molecule has 1 aromatic carbocycles. The molecule has 7 heteroatoms. The third kappa shape index (κ3) is 2.67. The molecule has 1 aliphatic rings. The van der Waals surface area contributed by atoms with Crippen LogP contribution in [0.15, 0.2) is 47.5 Å². The van der Waals surface area contributed by atoms with Crippen LogP contribution in [0.3, 0.4) is 0 Å². The third-order valence-electron chi connectivity index (χ3n) is 3.67. The van der Waals surface area contributed by atoms with Crippen LogP contribution >= 0.6 is 0 Å². The van der Waals surface area contributed by atoms with Crippen LogP contribution in [0.25, 0.3) is 11.1 Å². The molecule has 1 saturated heterocycles. The molecule has 1 aromatic heterocycles. The average molecular weight is 304 g/mol. The lowest BCUT2D eigenvalue weighted by molar-refractivity contribution is -0.212. The zero-order chi connectivity index (χ0) is 15.7. The minimum absolute atomic E-state index is 0.176. The van der Waals surface area contributed by atoms with Crippen molar-refractivity contribution in [2.75, 3.05) is 6.61 Å². The Morgan fingerprint density at radius 3 is 2.55 bits per heavy atom. The number of hydrogen-bond donors (Lipinski definition) is 3. The third-order valence-corrected chi connectivity index (χ3v) is 3.67. The van der Waals surface area contributed by atoms with Crippen LogP contribution in [0.2, 0.25) is 0 Å². The van der Waals surface area contributed by atoms with E-state index in [1.54, 1.807) is 0 Å². The first-order valence-corrected chi connectivity index (χ1v) is 6.87. The van der Waals surface area contributed by atoms with Crippen molar-refractivity contribution in [2.45, 2.75) is 24.5 Å². The fourth-order valence-corrected chi connectivity index (χ4v) is 2.43. The smallest absolute Gasteiger partial charge is 0.349 e. The second kappa shape index (κ2) is 5.98. The fourth-order valence-electron chi connectivity index (χ4n) is 2.43. The van der Waals surface area contributed by atoms with Gasteiger partial charge >= 0.3 is 5.69 Å². The largest absolute Gasteiger partial charge is 0.388 e. The second-order valence-corrected chi connectivity index (χ2v) is 5.17. The van der Waals surface area contributed by atoms with Crippen LogP contribution in [-0.4, -0.2) is 49.8 Å². The summed E-state index contributed by atoms with van der Waals surface area (Å²) in [6, 6.07) is 9.32. The Balaban J connectivity index is 1.99. The van der Waals surface area contributed by atoms with E-state index in [4.69, 9.17) is 4.74 Å². The average Bonchev–Trinajstić information content (AvgIpc) is 2.55. The van der Waals surface area contributed by atoms with Gasteiger partial charge < -0.3 is 20.1 Å². The van der Waals surface area contributed by atoms with Crippen molar-refractivity contribution in [3.8, 4) is 11.1 Å². The summed E-state index contributed by atoms with van der Waals surface area (Å²) in [5.74, 6) is 0. The molecule has 3 N–H and O–H groups in total. The first kappa shape index (κ1) is 14.9. The highest BCUT2D eigenvalue weighted by Gasteiger charge is 2.39. The van der Waals surface area contributed by atoms with Crippen LogP contribution in [0.4, 0.5) is 0 Å². The molecule has 2 aromatic rings. The molecule has 0 saturated carbocycles. The van der Waals surface area contributed by atoms with E-state index in [0.717, 1.165) is 10.1 Å². The molecule has 0 radical (unpaired) electrons. The lowest BCUT2D eigenvalue weighted by Gasteiger charge is -2.35. The van der Waals surface area contributed by atoms with Gasteiger partial charge in [0.05, 0.1) is 6.61 Å². The van der Waals surface area contributed by atoms with Gasteiger partial charge in [-0.15, -0.1) is 0 Å². The number of aliphatic hydroxyl groups excluding tert-OH is 3. The van der Waals surface area contributed by atoms with Gasteiger partial charge in [-0.1, -0.05) is 30.3 Å². The summed E-state index contributed by atoms with van der Waals surface area (Å²) in [6.07, 6.45) is -2.13. The summed E-state index contributed by atoms with van der Waals surface area (Å²) in [6.45, 7) is -0.176. The highest BCUT2D eigenvalue weighted by Crippen LogP contribution is 2.24. The maximum Gasteiger partial charge on any atom is 0.349 e. The maximum absolute atomic E-state index is 12.0. The molecule has 0 spiro atoms. The number of nitrogens with zero attached hydrogens (tertiary/aromatic N) is 2. The van der Waals surface area contributed by atoms with Gasteiger partial charge in [-0.2, -0.15) is 0 Å². The van der Waals surface area contributed by atoms with Gasteiger partial charge in [0.2, 0.25) is 0 Å². The monoisotopic (exact) mass is 304 g/mol. The number of rotatable bonds is 2. The van der Waals surface area contributed by atoms with Gasteiger partial charge in [-0.05, 0) is 5.56 Å². The summed E-state index contributed by atoms with van der Waals surface area (Å²) in [4.78, 5) is 15.7. The van der Waals surface area contributed by atoms with E-state index in [1.807, 2.05) is 30.3 Å². The van der Waals surface area contributed by atoms with E-state index in [9.17, 15) is 20.1 Å². The molecule has 0 amide bonds. The lowest BCUT2D eigenvalue weighted by atomic mass is 10.0. The summed E-state index contributed by atoms with van der Waals surface area (Å²) in [7, 11) is 0. The van der Waals surface area contributed by atoms with Gasteiger partial charge in [0.15, 0.2) is 6.23 Å². The first-order chi connectivity index (χ1) is 10.6. The van der Waals surface area contributed by atoms with Crippen molar-refractivity contribution in [3.05, 3.63) is 53.2 Å². The highest BCUT2D eigenvalue weighted by molar-refractivity contribution is 5.60. The molecule has 116 valence electrons. The lowest BCUT2D eigenvalue weighted by Crippen LogP contribution is -2.52. The number of hydrogen-bond acceptors (Lipinski definition) is 6. The second-order valence-electron chi connectivity index (χ2n) is 5.17. The SMILES string of the molecule is O=c1ncc(-c2ccccc2)cn1[C@@H]1OC[C@@H](O)[C@H](O)[C@H]1O. The van der Waals surface area contributed by atoms with Crippen molar-refractivity contribution < 1.29 is 20.1 Å². The van der Waals surface area contributed by atoms with Gasteiger partial charge in [0.25, 0.3) is 0 Å². The fraction of sp³-hybridized carbons (Fsp3) is 0.333. The quantitative estimate of drug-likeness (QED) is 0.692. The Hall–Kier alpha value is -2.06. The van der Waals surface area contributed by atoms with E-state index < -0.39 is 30.2 Å². The molecule has 4 atom stereocenters. The molecule has 1 fully saturated rings. The molecular weight excluding hydrogens is 288 g/mol. The predicted molar refractivity (Wildman–Crippen MR) is 76.9 cm³/mol. The van der Waals surface area contributed by atoms with E-state index in [2.05, 4.69) is 4.98 Å². The molecular formula is C15H16N2O5. The van der Waals surface area contributed by atoms with Gasteiger partial charge in [-0.25, -0.2) is 9.78 Å². The predicted octanol–water partition coefficient (Wildman–Crippen LogP) is -0.478. The van der Waals surface area contributed by atoms with Crippen LogP contribution < -0.4 is 5.69 Å². The van der Waals surface area contributed by atoms with Gasteiger partial charge in [0.1, 0.15) is 18.3 Å². The Morgan fingerprint density at radius 1 is 1.09 bits per heavy atom. The number of aliphatic hydroxyl groups is 3. The zero-order valence-corrected chi connectivity index (χ0v) is 11.6. The molecule has 2 heterocycles. The minimum atomic E-state index is -1.42. The highest BCUT2D eigenvalue weighted by atomic mass is 16.5. The van der Waals surface area contributed by atoms with Crippen molar-refractivity contribution in [1.29, 1.82) is 0 Å². The minimum Gasteiger partial charge on any atom is -0.388 e. The van der Waals surface area contributed by atoms with Crippen LogP contribution in [-0.2, 0) is 4.74 Å². The molecule has 3 rings (SSSR count). The number of aromatic nitrogens is 2. The van der Waals surface area contributed by atoms with E-state index >= 15 is 0 Å². The summed E-state index contributed by atoms with van der Waals surface area (Å²) in [5, 5.41) is 29.2. The Labute approximate surface area is 126 Å². The van der Waals surface area contributed by atoms with Crippen LogP contribution in [0.1, 0.15) is 6.23 Å². The van der Waals surface area contributed by atoms with Crippen molar-refractivity contribution in [2.24, 2.45) is 0 Å². The van der Waals surface area contributed by atoms with E-state index in [0.29, 0.717) is 5.56 Å². The Morgan fingerprint density at radius 2 is 1.82 bits per heavy atom. The maximum atomic E-state index is 12.0. The van der Waals surface area contributed by atoms with Crippen molar-refractivity contribution in [3.63, 3.8) is 0 Å². The first-order valence-electron chi connectivity index (χ1n) is 6.87.